The van der Waals surface area contributed by atoms with Crippen LogP contribution in [-0.2, 0) is 4.52 Å². The van der Waals surface area contributed by atoms with Crippen molar-refractivity contribution in [1.82, 2.24) is 0 Å². The van der Waals surface area contributed by atoms with E-state index >= 15 is 0 Å². The number of allylic oxidation sites excluding steroid dienone is 1. The van der Waals surface area contributed by atoms with Crippen LogP contribution in [0.5, 0.6) is 0 Å². The minimum absolute atomic E-state index is 0.164. The molecule has 170 valence electrons. The van der Waals surface area contributed by atoms with Gasteiger partial charge in [0.15, 0.2) is 0 Å². The Bertz CT molecular complexity index is 379. The van der Waals surface area contributed by atoms with Gasteiger partial charge in [-0.2, -0.15) is 0 Å². The van der Waals surface area contributed by atoms with Gasteiger partial charge in [-0.25, -0.2) is 0 Å². The summed E-state index contributed by atoms with van der Waals surface area (Å²) in [5, 5.41) is 11.0. The first-order valence-corrected chi connectivity index (χ1v) is 15.6. The second-order valence-electron chi connectivity index (χ2n) is 8.82. The van der Waals surface area contributed by atoms with Crippen molar-refractivity contribution in [3.8, 4) is 0 Å². The zero-order chi connectivity index (χ0) is 21.3. The van der Waals surface area contributed by atoms with Gasteiger partial charge in [-0.3, -0.25) is 0 Å². The number of hydrogen-bond acceptors (Lipinski definition) is 3. The minimum atomic E-state index is -2.46. The van der Waals surface area contributed by atoms with Crippen LogP contribution in [-0.4, -0.2) is 29.8 Å². The summed E-state index contributed by atoms with van der Waals surface area (Å²) >= 11 is 4.67. The molecule has 1 N–H and O–H groups in total. The molecule has 0 fully saturated rings. The first-order chi connectivity index (χ1) is 13.4. The zero-order valence-electron chi connectivity index (χ0n) is 19.8. The molecular formula is C24H51O2PS. The van der Waals surface area contributed by atoms with Crippen molar-refractivity contribution in [3.63, 3.8) is 0 Å². The van der Waals surface area contributed by atoms with Crippen molar-refractivity contribution in [2.45, 2.75) is 118 Å². The fourth-order valence-electron chi connectivity index (χ4n) is 4.21. The van der Waals surface area contributed by atoms with Gasteiger partial charge >= 0.3 is 183 Å². The Morgan fingerprint density at radius 2 is 1.04 bits per heavy atom. The molecule has 0 unspecified atom stereocenters. The van der Waals surface area contributed by atoms with Crippen LogP contribution in [0.4, 0.5) is 0 Å². The fraction of sp³-hybridized carbons (Fsp3) is 0.917. The van der Waals surface area contributed by atoms with Crippen LogP contribution >= 0.6 is 19.5 Å². The van der Waals surface area contributed by atoms with E-state index in [4.69, 9.17) is 4.52 Å². The predicted molar refractivity (Wildman–Crippen MR) is 135 cm³/mol. The average Bonchev–Trinajstić information content (AvgIpc) is 2.71. The van der Waals surface area contributed by atoms with Gasteiger partial charge in [-0.15, -0.1) is 0 Å². The van der Waals surface area contributed by atoms with E-state index in [1.807, 2.05) is 0 Å². The molecule has 0 rings (SSSR count). The average molecular weight is 435 g/mol. The second kappa shape index (κ2) is 15.9. The topological polar surface area (TPSA) is 29.5 Å². The molecule has 2 nitrogen and oxygen atoms in total. The van der Waals surface area contributed by atoms with E-state index in [1.54, 1.807) is 0 Å². The van der Waals surface area contributed by atoms with Gasteiger partial charge in [0.05, 0.1) is 0 Å². The Morgan fingerprint density at radius 1 is 0.643 bits per heavy atom. The van der Waals surface area contributed by atoms with Crippen molar-refractivity contribution in [2.24, 2.45) is 0 Å². The molecule has 0 aliphatic rings. The van der Waals surface area contributed by atoms with Crippen LogP contribution in [0.15, 0.2) is 10.9 Å². The SMILES string of the molecule is CCCCCC/C(S)=C(\O)OP(CCCC)(CCCC)(CCCC)CCCC. The van der Waals surface area contributed by atoms with Crippen molar-refractivity contribution in [2.75, 3.05) is 24.6 Å². The Kier molecular flexibility index (Phi) is 16.0. The predicted octanol–water partition coefficient (Wildman–Crippen LogP) is 9.30. The van der Waals surface area contributed by atoms with Gasteiger partial charge < -0.3 is 0 Å². The third-order valence-electron chi connectivity index (χ3n) is 6.17. The summed E-state index contributed by atoms with van der Waals surface area (Å²) in [4.78, 5) is 0.770. The quantitative estimate of drug-likeness (QED) is 0.0917. The van der Waals surface area contributed by atoms with Gasteiger partial charge in [0.2, 0.25) is 0 Å². The molecule has 0 saturated carbocycles. The van der Waals surface area contributed by atoms with E-state index < -0.39 is 6.83 Å². The standard InChI is InChI=1S/C24H51O2PS/c1-6-11-16-17-18-23(28)24(25)26-27(19-12-7-2,20-13-8-3,21-14-9-4)22-15-10-5/h25,28H,6-22H2,1-5H3/b24-23-. The molecule has 0 spiro atoms. The summed E-state index contributed by atoms with van der Waals surface area (Å²) in [5.41, 5.74) is 0. The van der Waals surface area contributed by atoms with Gasteiger partial charge in [-0.1, -0.05) is 0 Å². The Balaban J connectivity index is 5.75. The summed E-state index contributed by atoms with van der Waals surface area (Å²) in [6.45, 7) is 8.87. The summed E-state index contributed by atoms with van der Waals surface area (Å²) < 4.78 is 6.84. The molecule has 0 aliphatic carbocycles. The van der Waals surface area contributed by atoms with Gasteiger partial charge in [-0.05, 0) is 0 Å². The van der Waals surface area contributed by atoms with Crippen LogP contribution in [0.3, 0.4) is 0 Å². The van der Waals surface area contributed by atoms with Crippen LogP contribution in [0.2, 0.25) is 0 Å². The third kappa shape index (κ3) is 10.2. The van der Waals surface area contributed by atoms with E-state index in [1.165, 1.54) is 95.3 Å². The molecule has 0 saturated heterocycles. The zero-order valence-corrected chi connectivity index (χ0v) is 21.6. The summed E-state index contributed by atoms with van der Waals surface area (Å²) in [5.74, 6) is 0.164. The molecule has 28 heavy (non-hydrogen) atoms. The summed E-state index contributed by atoms with van der Waals surface area (Å²) in [6, 6.07) is 0. The third-order valence-corrected chi connectivity index (χ3v) is 13.1. The number of rotatable bonds is 19. The Morgan fingerprint density at radius 3 is 1.39 bits per heavy atom. The van der Waals surface area contributed by atoms with Crippen LogP contribution in [0.1, 0.15) is 118 Å². The normalized spacial score (nSPS) is 14.4. The molecular weight excluding hydrogens is 383 g/mol. The molecule has 0 amide bonds. The molecule has 0 heterocycles. The molecule has 0 aromatic rings. The molecule has 0 bridgehead atoms. The summed E-state index contributed by atoms with van der Waals surface area (Å²) in [6.07, 6.45) is 19.9. The number of aliphatic hydroxyl groups excluding tert-OH is 1. The molecule has 4 heteroatoms. The molecule has 0 radical (unpaired) electrons. The van der Waals surface area contributed by atoms with E-state index in [2.05, 4.69) is 47.2 Å². The van der Waals surface area contributed by atoms with E-state index in [-0.39, 0.29) is 5.95 Å². The maximum absolute atomic E-state index is 11.0. The van der Waals surface area contributed by atoms with Crippen molar-refractivity contribution in [3.05, 3.63) is 10.9 Å². The summed E-state index contributed by atoms with van der Waals surface area (Å²) in [7, 11) is 0. The molecule has 0 aliphatic heterocycles. The van der Waals surface area contributed by atoms with E-state index in [9.17, 15) is 5.11 Å². The van der Waals surface area contributed by atoms with Crippen molar-refractivity contribution < 1.29 is 9.63 Å². The van der Waals surface area contributed by atoms with Gasteiger partial charge in [0, 0.05) is 0 Å². The van der Waals surface area contributed by atoms with Crippen LogP contribution < -0.4 is 0 Å². The maximum atomic E-state index is 11.0. The second-order valence-corrected chi connectivity index (χ2v) is 15.0. The first-order valence-electron chi connectivity index (χ1n) is 12.2. The number of thiol groups is 1. The molecule has 0 aromatic heterocycles. The van der Waals surface area contributed by atoms with Crippen LogP contribution in [0.25, 0.3) is 0 Å². The van der Waals surface area contributed by atoms with E-state index in [0.29, 0.717) is 0 Å². The number of hydrogen-bond donors (Lipinski definition) is 2. The monoisotopic (exact) mass is 434 g/mol. The van der Waals surface area contributed by atoms with Crippen LogP contribution in [0, 0.1) is 0 Å². The van der Waals surface area contributed by atoms with E-state index in [0.717, 1.165) is 17.7 Å². The van der Waals surface area contributed by atoms with Gasteiger partial charge in [0.1, 0.15) is 0 Å². The molecule has 0 atom stereocenters. The van der Waals surface area contributed by atoms with Crippen molar-refractivity contribution >= 4 is 19.5 Å². The molecule has 0 aromatic carbocycles. The van der Waals surface area contributed by atoms with Crippen molar-refractivity contribution in [1.29, 1.82) is 0 Å². The number of aliphatic hydroxyl groups is 1. The number of unbranched alkanes of at least 4 members (excludes halogenated alkanes) is 7. The van der Waals surface area contributed by atoms with Gasteiger partial charge in [0.25, 0.3) is 0 Å². The Labute approximate surface area is 182 Å². The fourth-order valence-corrected chi connectivity index (χ4v) is 11.3. The first kappa shape index (κ1) is 28.1. The Hall–Kier alpha value is 0.120.